The van der Waals surface area contributed by atoms with Crippen LogP contribution >= 0.6 is 0 Å². The molecule has 1 N–H and O–H groups in total. The highest BCUT2D eigenvalue weighted by molar-refractivity contribution is 5.76. The predicted molar refractivity (Wildman–Crippen MR) is 36.5 cm³/mol. The summed E-state index contributed by atoms with van der Waals surface area (Å²) in [4.78, 5) is 9.99. The fourth-order valence-corrected chi connectivity index (χ4v) is 0.809. The first-order valence-electron chi connectivity index (χ1n) is 4.08. The third-order valence-corrected chi connectivity index (χ3v) is 2.15. The number of aliphatic hydroxyl groups is 1. The van der Waals surface area contributed by atoms with Gasteiger partial charge in [-0.1, -0.05) is 0 Å². The monoisotopic (exact) mass is 307 g/mol. The van der Waals surface area contributed by atoms with Gasteiger partial charge in [-0.05, 0) is 6.92 Å². The van der Waals surface area contributed by atoms with Crippen molar-refractivity contribution in [1.82, 2.24) is 0 Å². The lowest BCUT2D eigenvalue weighted by Crippen LogP contribution is -2.71. The maximum absolute atomic E-state index is 12.9. The number of rotatable bonds is 4. The molecule has 0 amide bonds. The van der Waals surface area contributed by atoms with Crippen molar-refractivity contribution in [2.24, 2.45) is 0 Å². The van der Waals surface area contributed by atoms with Gasteiger partial charge in [-0.25, -0.2) is 0 Å². The molecule has 0 rings (SSSR count). The van der Waals surface area contributed by atoms with Crippen LogP contribution in [0.3, 0.4) is 0 Å². The second-order valence-electron chi connectivity index (χ2n) is 3.58. The molecule has 0 saturated carbocycles. The molecule has 114 valence electrons. The summed E-state index contributed by atoms with van der Waals surface area (Å²) in [5.41, 5.74) is -4.95. The number of alkyl halides is 9. The number of halogens is 9. The van der Waals surface area contributed by atoms with Crippen LogP contribution in [0.5, 0.6) is 0 Å². The quantitative estimate of drug-likeness (QED) is 0.787. The van der Waals surface area contributed by atoms with Crippen molar-refractivity contribution >= 4 is 5.97 Å². The highest BCUT2D eigenvalue weighted by Crippen LogP contribution is 2.55. The van der Waals surface area contributed by atoms with Crippen molar-refractivity contribution in [3.05, 3.63) is 0 Å². The lowest BCUT2D eigenvalue weighted by Gasteiger charge is -2.40. The van der Waals surface area contributed by atoms with Crippen molar-refractivity contribution in [3.63, 3.8) is 0 Å². The average Bonchev–Trinajstić information content (AvgIpc) is 2.14. The lowest BCUT2D eigenvalue weighted by atomic mass is 9.89. The van der Waals surface area contributed by atoms with Crippen molar-refractivity contribution in [1.29, 1.82) is 0 Å². The molecule has 0 aromatic rings. The minimum atomic E-state index is -7.27. The number of carboxylic acids is 1. The number of hydrogen-bond donors (Lipinski definition) is 1. The zero-order chi connectivity index (χ0) is 16.1. The lowest BCUT2D eigenvalue weighted by molar-refractivity contribution is -0.421. The molecule has 0 saturated heterocycles. The van der Waals surface area contributed by atoms with Crippen LogP contribution in [0.25, 0.3) is 0 Å². The molecule has 19 heavy (non-hydrogen) atoms. The Bertz CT molecular complexity index is 370. The SMILES string of the molecule is CC(O)(C(=O)[O-])C(F)(F)C(F)(F)C(F)(F)C(F)(F)F. The molecule has 0 heterocycles. The van der Waals surface area contributed by atoms with E-state index in [1.54, 1.807) is 0 Å². The van der Waals surface area contributed by atoms with Gasteiger partial charge in [0, 0.05) is 0 Å². The molecule has 1 atom stereocenters. The van der Waals surface area contributed by atoms with Crippen LogP contribution in [0.15, 0.2) is 0 Å². The summed E-state index contributed by atoms with van der Waals surface area (Å²) in [6, 6.07) is 0. The number of carbonyl (C=O) groups is 1. The summed E-state index contributed by atoms with van der Waals surface area (Å²) in [6.07, 6.45) is -7.10. The maximum Gasteiger partial charge on any atom is 0.460 e. The molecule has 0 spiro atoms. The fourth-order valence-electron chi connectivity index (χ4n) is 0.809. The van der Waals surface area contributed by atoms with Gasteiger partial charge >= 0.3 is 23.9 Å². The third kappa shape index (κ3) is 2.21. The molecular weight excluding hydrogens is 303 g/mol. The topological polar surface area (TPSA) is 60.4 Å². The average molecular weight is 307 g/mol. The van der Waals surface area contributed by atoms with Gasteiger partial charge in [0.15, 0.2) is 5.60 Å². The molecular formula is C7H4F9O3-. The second kappa shape index (κ2) is 4.15. The Balaban J connectivity index is 5.99. The number of carboxylic acid groups (broad SMARTS) is 1. The molecule has 0 aliphatic heterocycles. The van der Waals surface area contributed by atoms with E-state index >= 15 is 0 Å². The first kappa shape index (κ1) is 17.8. The summed E-state index contributed by atoms with van der Waals surface area (Å²) >= 11 is 0. The number of hydrogen-bond acceptors (Lipinski definition) is 3. The minimum absolute atomic E-state index is 0.595. The first-order chi connectivity index (χ1) is 7.94. The fraction of sp³-hybridized carbons (Fsp3) is 0.857. The zero-order valence-corrected chi connectivity index (χ0v) is 8.67. The zero-order valence-electron chi connectivity index (χ0n) is 8.67. The van der Waals surface area contributed by atoms with E-state index in [2.05, 4.69) is 0 Å². The maximum atomic E-state index is 12.9. The van der Waals surface area contributed by atoms with Gasteiger partial charge in [-0.3, -0.25) is 0 Å². The highest BCUT2D eigenvalue weighted by Gasteiger charge is 2.85. The van der Waals surface area contributed by atoms with Crippen LogP contribution in [0.2, 0.25) is 0 Å². The molecule has 0 aromatic heterocycles. The Morgan fingerprint density at radius 3 is 1.37 bits per heavy atom. The standard InChI is InChI=1S/C7H5F9O3/c1-3(19,2(17)18)4(8,9)5(10,11)6(12,13)7(14,15)16/h19H,1H3,(H,17,18)/p-1. The predicted octanol–water partition coefficient (Wildman–Crippen LogP) is 0.956. The van der Waals surface area contributed by atoms with E-state index in [-0.39, 0.29) is 0 Å². The Morgan fingerprint density at radius 1 is 0.842 bits per heavy atom. The summed E-state index contributed by atoms with van der Waals surface area (Å²) in [5.74, 6) is -24.5. The smallest absolute Gasteiger partial charge is 0.460 e. The van der Waals surface area contributed by atoms with Crippen molar-refractivity contribution in [2.75, 3.05) is 0 Å². The van der Waals surface area contributed by atoms with Gasteiger partial charge in [0.25, 0.3) is 0 Å². The van der Waals surface area contributed by atoms with Crippen LogP contribution in [0.4, 0.5) is 39.5 Å². The molecule has 3 nitrogen and oxygen atoms in total. The van der Waals surface area contributed by atoms with E-state index < -0.39 is 42.4 Å². The summed E-state index contributed by atoms with van der Waals surface area (Å²) < 4.78 is 111. The molecule has 0 bridgehead atoms. The molecule has 0 aliphatic carbocycles. The molecule has 0 aromatic carbocycles. The van der Waals surface area contributed by atoms with E-state index in [0.717, 1.165) is 0 Å². The summed E-state index contributed by atoms with van der Waals surface area (Å²) in [5, 5.41) is 18.5. The normalized spacial score (nSPS) is 18.1. The Morgan fingerprint density at radius 2 is 1.16 bits per heavy atom. The van der Waals surface area contributed by atoms with Crippen LogP contribution in [0, 0.1) is 0 Å². The van der Waals surface area contributed by atoms with E-state index in [1.807, 2.05) is 0 Å². The van der Waals surface area contributed by atoms with Crippen molar-refractivity contribution in [3.8, 4) is 0 Å². The van der Waals surface area contributed by atoms with Gasteiger partial charge in [0.05, 0.1) is 5.97 Å². The van der Waals surface area contributed by atoms with Gasteiger partial charge in [0.1, 0.15) is 0 Å². The second-order valence-corrected chi connectivity index (χ2v) is 3.58. The van der Waals surface area contributed by atoms with Crippen LogP contribution < -0.4 is 5.11 Å². The first-order valence-corrected chi connectivity index (χ1v) is 4.08. The molecule has 1 unspecified atom stereocenters. The van der Waals surface area contributed by atoms with E-state index in [9.17, 15) is 49.4 Å². The van der Waals surface area contributed by atoms with E-state index in [4.69, 9.17) is 5.11 Å². The number of carbonyl (C=O) groups excluding carboxylic acids is 1. The Labute approximate surface area is 98.2 Å². The molecule has 0 aliphatic rings. The molecule has 0 fully saturated rings. The van der Waals surface area contributed by atoms with Crippen molar-refractivity contribution in [2.45, 2.75) is 36.5 Å². The minimum Gasteiger partial charge on any atom is -0.547 e. The van der Waals surface area contributed by atoms with Crippen LogP contribution in [-0.4, -0.2) is 40.6 Å². The van der Waals surface area contributed by atoms with Crippen molar-refractivity contribution < 1.29 is 54.5 Å². The number of aliphatic carboxylic acids is 1. The van der Waals surface area contributed by atoms with Crippen LogP contribution in [-0.2, 0) is 4.79 Å². The van der Waals surface area contributed by atoms with E-state index in [0.29, 0.717) is 0 Å². The van der Waals surface area contributed by atoms with Crippen LogP contribution in [0.1, 0.15) is 6.92 Å². The van der Waals surface area contributed by atoms with Gasteiger partial charge in [-0.15, -0.1) is 0 Å². The van der Waals surface area contributed by atoms with Gasteiger partial charge < -0.3 is 15.0 Å². The summed E-state index contributed by atoms with van der Waals surface area (Å²) in [7, 11) is 0. The Kier molecular flexibility index (Phi) is 3.89. The third-order valence-electron chi connectivity index (χ3n) is 2.15. The largest absolute Gasteiger partial charge is 0.547 e. The summed E-state index contributed by atoms with van der Waals surface area (Å²) in [6.45, 7) is -0.595. The molecule has 0 radical (unpaired) electrons. The highest BCUT2D eigenvalue weighted by atomic mass is 19.4. The molecule has 12 heteroatoms. The van der Waals surface area contributed by atoms with Gasteiger partial charge in [0.2, 0.25) is 0 Å². The Hall–Kier alpha value is -1.20. The van der Waals surface area contributed by atoms with E-state index in [1.165, 1.54) is 0 Å². The van der Waals surface area contributed by atoms with Gasteiger partial charge in [-0.2, -0.15) is 39.5 Å².